The Morgan fingerprint density at radius 3 is 2.26 bits per heavy atom. The van der Waals surface area contributed by atoms with Gasteiger partial charge < -0.3 is 5.11 Å². The number of nitrogens with zero attached hydrogens (tertiary/aromatic N) is 2. The molecule has 3 aromatic carbocycles. The van der Waals surface area contributed by atoms with Gasteiger partial charge >= 0.3 is 6.18 Å². The average molecular weight is 487 g/mol. The highest BCUT2D eigenvalue weighted by Gasteiger charge is 2.53. The van der Waals surface area contributed by atoms with Crippen LogP contribution in [0.15, 0.2) is 83.8 Å². The van der Waals surface area contributed by atoms with E-state index in [9.17, 15) is 26.7 Å². The quantitative estimate of drug-likeness (QED) is 0.522. The molecule has 0 bridgehead atoms. The average Bonchev–Trinajstić information content (AvgIpc) is 2.82. The van der Waals surface area contributed by atoms with E-state index in [2.05, 4.69) is 0 Å². The highest BCUT2D eigenvalue weighted by molar-refractivity contribution is 7.92. The zero-order valence-electron chi connectivity index (χ0n) is 18.3. The van der Waals surface area contributed by atoms with Gasteiger partial charge in [0.15, 0.2) is 0 Å². The van der Waals surface area contributed by atoms with Crippen molar-refractivity contribution in [2.24, 2.45) is 0 Å². The first-order valence-corrected chi connectivity index (χ1v) is 11.5. The summed E-state index contributed by atoms with van der Waals surface area (Å²) in [5, 5.41) is 19.7. The molecule has 1 N–H and O–H groups in total. The molecule has 0 aliphatic carbocycles. The molecule has 34 heavy (non-hydrogen) atoms. The Labute approximate surface area is 196 Å². The SMILES string of the molecule is Cc1cc(C(O)(C=Cc2ccccc2)C(F)(F)F)ccc1N(C)S(=O)(=O)c1cccc(C#N)c1. The van der Waals surface area contributed by atoms with Crippen LogP contribution in [0.1, 0.15) is 22.3 Å². The van der Waals surface area contributed by atoms with Crippen LogP contribution in [0.4, 0.5) is 18.9 Å². The number of halogens is 3. The molecule has 9 heteroatoms. The molecule has 1 unspecified atom stereocenters. The lowest BCUT2D eigenvalue weighted by atomic mass is 9.90. The molecule has 0 aliphatic heterocycles. The number of anilines is 1. The van der Waals surface area contributed by atoms with Gasteiger partial charge in [-0.3, -0.25) is 4.31 Å². The number of alkyl halides is 3. The Morgan fingerprint density at radius 1 is 1.00 bits per heavy atom. The summed E-state index contributed by atoms with van der Waals surface area (Å²) in [5.74, 6) is 0. The van der Waals surface area contributed by atoms with Gasteiger partial charge in [0.05, 0.1) is 22.2 Å². The van der Waals surface area contributed by atoms with E-state index in [4.69, 9.17) is 5.26 Å². The van der Waals surface area contributed by atoms with Crippen LogP contribution in [0, 0.1) is 18.3 Å². The molecule has 3 aromatic rings. The minimum Gasteiger partial charge on any atom is -0.373 e. The first-order valence-electron chi connectivity index (χ1n) is 10.0. The number of aliphatic hydroxyl groups is 1. The summed E-state index contributed by atoms with van der Waals surface area (Å²) in [6.45, 7) is 1.45. The number of hydrogen-bond acceptors (Lipinski definition) is 4. The lowest BCUT2D eigenvalue weighted by molar-refractivity contribution is -0.244. The number of sulfonamides is 1. The normalized spacial score (nSPS) is 13.9. The van der Waals surface area contributed by atoms with E-state index in [1.807, 2.05) is 6.07 Å². The highest BCUT2D eigenvalue weighted by Crippen LogP contribution is 2.42. The first-order chi connectivity index (χ1) is 15.9. The van der Waals surface area contributed by atoms with Crippen LogP contribution in [0.25, 0.3) is 6.08 Å². The molecule has 0 aromatic heterocycles. The summed E-state index contributed by atoms with van der Waals surface area (Å²) in [6.07, 6.45) is -3.18. The molecule has 0 amide bonds. The van der Waals surface area contributed by atoms with Gasteiger partial charge in [-0.15, -0.1) is 0 Å². The third-order valence-corrected chi connectivity index (χ3v) is 7.11. The van der Waals surface area contributed by atoms with Crippen LogP contribution in [-0.4, -0.2) is 26.7 Å². The van der Waals surface area contributed by atoms with Crippen molar-refractivity contribution in [3.8, 4) is 6.07 Å². The fourth-order valence-electron chi connectivity index (χ4n) is 3.39. The highest BCUT2D eigenvalue weighted by atomic mass is 32.2. The van der Waals surface area contributed by atoms with Crippen molar-refractivity contribution < 1.29 is 26.7 Å². The predicted molar refractivity (Wildman–Crippen MR) is 123 cm³/mol. The maximum atomic E-state index is 13.9. The number of hydrogen-bond donors (Lipinski definition) is 1. The molecule has 5 nitrogen and oxygen atoms in total. The lowest BCUT2D eigenvalue weighted by Crippen LogP contribution is -2.40. The van der Waals surface area contributed by atoms with Crippen LogP contribution in [0.3, 0.4) is 0 Å². The largest absolute Gasteiger partial charge is 0.425 e. The topological polar surface area (TPSA) is 81.4 Å². The third-order valence-electron chi connectivity index (χ3n) is 5.35. The Hall–Kier alpha value is -3.61. The maximum Gasteiger partial charge on any atom is 0.425 e. The summed E-state index contributed by atoms with van der Waals surface area (Å²) >= 11 is 0. The Morgan fingerprint density at radius 2 is 1.68 bits per heavy atom. The standard InChI is InChI=1S/C25H21F3N2O3S/c1-18-15-21(24(31,25(26,27)28)14-13-19-7-4-3-5-8-19)11-12-23(18)30(2)34(32,33)22-10-6-9-20(16-22)17-29/h3-16,31H,1-2H3. The van der Waals surface area contributed by atoms with Crippen molar-refractivity contribution >= 4 is 21.8 Å². The molecule has 0 saturated heterocycles. The van der Waals surface area contributed by atoms with Gasteiger partial charge in [0.25, 0.3) is 10.0 Å². The number of rotatable bonds is 6. The van der Waals surface area contributed by atoms with E-state index in [1.165, 1.54) is 50.4 Å². The molecule has 0 heterocycles. The predicted octanol–water partition coefficient (Wildman–Crippen LogP) is 5.16. The molecule has 176 valence electrons. The number of nitriles is 1. The Kier molecular flexibility index (Phi) is 6.87. The van der Waals surface area contributed by atoms with E-state index in [-0.39, 0.29) is 21.7 Å². The van der Waals surface area contributed by atoms with Gasteiger partial charge in [-0.2, -0.15) is 18.4 Å². The third kappa shape index (κ3) is 4.83. The Bertz CT molecular complexity index is 1360. The summed E-state index contributed by atoms with van der Waals surface area (Å²) in [7, 11) is -2.82. The van der Waals surface area contributed by atoms with Gasteiger partial charge in [0, 0.05) is 7.05 Å². The summed E-state index contributed by atoms with van der Waals surface area (Å²) < 4.78 is 68.8. The van der Waals surface area contributed by atoms with E-state index in [0.717, 1.165) is 16.4 Å². The van der Waals surface area contributed by atoms with E-state index in [1.54, 1.807) is 30.3 Å². The Balaban J connectivity index is 2.02. The van der Waals surface area contributed by atoms with Crippen molar-refractivity contribution in [1.29, 1.82) is 5.26 Å². The van der Waals surface area contributed by atoms with Crippen LogP contribution in [0.5, 0.6) is 0 Å². The minimum absolute atomic E-state index is 0.127. The molecule has 0 saturated carbocycles. The van der Waals surface area contributed by atoms with Crippen LogP contribution in [-0.2, 0) is 15.6 Å². The summed E-state index contributed by atoms with van der Waals surface area (Å²) in [6, 6.07) is 18.9. The van der Waals surface area contributed by atoms with Crippen molar-refractivity contribution in [2.45, 2.75) is 23.6 Å². The molecule has 0 fully saturated rings. The van der Waals surface area contributed by atoms with Crippen molar-refractivity contribution in [1.82, 2.24) is 0 Å². The first kappa shape index (κ1) is 25.0. The van der Waals surface area contributed by atoms with Crippen molar-refractivity contribution in [3.05, 3.63) is 101 Å². The maximum absolute atomic E-state index is 13.9. The number of benzene rings is 3. The van der Waals surface area contributed by atoms with E-state index >= 15 is 0 Å². The second-order valence-corrected chi connectivity index (χ2v) is 9.59. The van der Waals surface area contributed by atoms with Crippen molar-refractivity contribution in [3.63, 3.8) is 0 Å². The smallest absolute Gasteiger partial charge is 0.373 e. The van der Waals surface area contributed by atoms with Crippen LogP contribution >= 0.6 is 0 Å². The van der Waals surface area contributed by atoms with Gasteiger partial charge in [0.1, 0.15) is 0 Å². The lowest BCUT2D eigenvalue weighted by Gasteiger charge is -2.29. The monoisotopic (exact) mass is 486 g/mol. The van der Waals surface area contributed by atoms with Gasteiger partial charge in [-0.25, -0.2) is 8.42 Å². The van der Waals surface area contributed by atoms with E-state index < -0.39 is 27.4 Å². The molecule has 0 aliphatic rings. The van der Waals surface area contributed by atoms with E-state index in [0.29, 0.717) is 11.6 Å². The summed E-state index contributed by atoms with van der Waals surface area (Å²) in [5.41, 5.74) is -2.78. The van der Waals surface area contributed by atoms with Gasteiger partial charge in [-0.1, -0.05) is 54.6 Å². The van der Waals surface area contributed by atoms with Crippen molar-refractivity contribution in [2.75, 3.05) is 11.4 Å². The second kappa shape index (κ2) is 9.33. The number of aryl methyl sites for hydroxylation is 1. The van der Waals surface area contributed by atoms with Gasteiger partial charge in [0.2, 0.25) is 5.60 Å². The van der Waals surface area contributed by atoms with Gasteiger partial charge in [-0.05, 0) is 54.0 Å². The molecule has 3 rings (SSSR count). The van der Waals surface area contributed by atoms with Crippen LogP contribution < -0.4 is 4.31 Å². The molecular weight excluding hydrogens is 465 g/mol. The molecular formula is C25H21F3N2O3S. The minimum atomic E-state index is -5.03. The van der Waals surface area contributed by atoms with Crippen LogP contribution in [0.2, 0.25) is 0 Å². The zero-order valence-corrected chi connectivity index (χ0v) is 19.1. The summed E-state index contributed by atoms with van der Waals surface area (Å²) in [4.78, 5) is -0.130. The molecule has 0 radical (unpaired) electrons. The fourth-order valence-corrected chi connectivity index (χ4v) is 4.70. The fraction of sp³-hybridized carbons (Fsp3) is 0.160. The molecule has 1 atom stereocenters. The second-order valence-electron chi connectivity index (χ2n) is 7.62. The zero-order chi connectivity index (χ0) is 25.1. The molecule has 0 spiro atoms.